The number of fused-ring (bicyclic) bond motifs is 1. The molecule has 1 aromatic rings. The lowest BCUT2D eigenvalue weighted by Gasteiger charge is -2.01. The predicted octanol–water partition coefficient (Wildman–Crippen LogP) is 3.93. The van der Waals surface area contributed by atoms with E-state index >= 15 is 0 Å². The van der Waals surface area contributed by atoms with Crippen molar-refractivity contribution in [2.45, 2.75) is 20.3 Å². The molecule has 0 unspecified atom stereocenters. The van der Waals surface area contributed by atoms with E-state index in [0.717, 1.165) is 6.42 Å². The van der Waals surface area contributed by atoms with Gasteiger partial charge in [0.1, 0.15) is 0 Å². The first-order chi connectivity index (χ1) is 6.75. The maximum atomic E-state index is 2.29. The molecule has 0 bridgehead atoms. The molecule has 72 valence electrons. The van der Waals surface area contributed by atoms with Gasteiger partial charge in [0, 0.05) is 0 Å². The topological polar surface area (TPSA) is 0 Å². The summed E-state index contributed by atoms with van der Waals surface area (Å²) >= 11 is 0. The number of benzene rings is 1. The summed E-state index contributed by atoms with van der Waals surface area (Å²) in [5.41, 5.74) is 4.16. The third-order valence-corrected chi connectivity index (χ3v) is 2.48. The van der Waals surface area contributed by atoms with E-state index in [9.17, 15) is 0 Å². The standard InChI is InChI=1S/C14H16/c1-11(2)6-7-12-8-9-13-4-3-5-14(13)10-12/h3-4,6-11H,5H2,1-2H3/b7-6+. The third-order valence-electron chi connectivity index (χ3n) is 2.48. The molecular weight excluding hydrogens is 168 g/mol. The van der Waals surface area contributed by atoms with Crippen molar-refractivity contribution in [3.05, 3.63) is 47.0 Å². The zero-order valence-corrected chi connectivity index (χ0v) is 8.83. The zero-order valence-electron chi connectivity index (χ0n) is 8.83. The summed E-state index contributed by atoms with van der Waals surface area (Å²) in [6.45, 7) is 4.40. The van der Waals surface area contributed by atoms with Crippen molar-refractivity contribution < 1.29 is 0 Å². The molecule has 14 heavy (non-hydrogen) atoms. The van der Waals surface area contributed by atoms with E-state index in [-0.39, 0.29) is 0 Å². The summed E-state index contributed by atoms with van der Waals surface area (Å²) < 4.78 is 0. The fraction of sp³-hybridized carbons (Fsp3) is 0.286. The lowest BCUT2D eigenvalue weighted by Crippen LogP contribution is -1.83. The minimum absolute atomic E-state index is 0.626. The molecule has 0 aliphatic heterocycles. The van der Waals surface area contributed by atoms with Crippen LogP contribution in [0.4, 0.5) is 0 Å². The molecule has 0 amide bonds. The number of rotatable bonds is 2. The Labute approximate surface area is 86.0 Å². The molecule has 0 nitrogen and oxygen atoms in total. The molecule has 0 radical (unpaired) electrons. The number of hydrogen-bond acceptors (Lipinski definition) is 0. The van der Waals surface area contributed by atoms with Gasteiger partial charge in [-0.3, -0.25) is 0 Å². The fourth-order valence-electron chi connectivity index (χ4n) is 1.69. The van der Waals surface area contributed by atoms with Gasteiger partial charge in [-0.1, -0.05) is 56.4 Å². The van der Waals surface area contributed by atoms with Gasteiger partial charge in [-0.25, -0.2) is 0 Å². The number of hydrogen-bond donors (Lipinski definition) is 0. The van der Waals surface area contributed by atoms with E-state index in [1.807, 2.05) is 0 Å². The molecule has 1 aliphatic rings. The highest BCUT2D eigenvalue weighted by Crippen LogP contribution is 2.21. The van der Waals surface area contributed by atoms with Crippen molar-refractivity contribution in [1.82, 2.24) is 0 Å². The smallest absolute Gasteiger partial charge is 0.00880 e. The van der Waals surface area contributed by atoms with E-state index in [0.29, 0.717) is 5.92 Å². The van der Waals surface area contributed by atoms with Gasteiger partial charge in [0.2, 0.25) is 0 Å². The summed E-state index contributed by atoms with van der Waals surface area (Å²) in [7, 11) is 0. The SMILES string of the molecule is CC(C)/C=C/c1ccc2c(c1)CC=C2. The molecule has 0 fully saturated rings. The van der Waals surface area contributed by atoms with Crippen molar-refractivity contribution in [2.24, 2.45) is 5.92 Å². The van der Waals surface area contributed by atoms with Gasteiger partial charge in [-0.15, -0.1) is 0 Å². The van der Waals surface area contributed by atoms with Crippen LogP contribution in [0.3, 0.4) is 0 Å². The molecule has 0 spiro atoms. The van der Waals surface area contributed by atoms with Crippen LogP contribution in [0.2, 0.25) is 0 Å². The summed E-state index contributed by atoms with van der Waals surface area (Å²) in [6, 6.07) is 6.68. The van der Waals surface area contributed by atoms with Gasteiger partial charge in [-0.2, -0.15) is 0 Å². The Bertz CT molecular complexity index is 381. The van der Waals surface area contributed by atoms with Crippen molar-refractivity contribution in [3.63, 3.8) is 0 Å². The maximum Gasteiger partial charge on any atom is -0.00880 e. The first-order valence-electron chi connectivity index (χ1n) is 5.23. The Hall–Kier alpha value is -1.30. The Morgan fingerprint density at radius 3 is 2.93 bits per heavy atom. The van der Waals surface area contributed by atoms with E-state index < -0.39 is 0 Å². The zero-order chi connectivity index (χ0) is 9.97. The average Bonchev–Trinajstić information content (AvgIpc) is 2.61. The molecule has 1 aromatic carbocycles. The Balaban J connectivity index is 2.22. The van der Waals surface area contributed by atoms with Crippen LogP contribution in [0.5, 0.6) is 0 Å². The first kappa shape index (κ1) is 9.26. The normalized spacial score (nSPS) is 14.2. The monoisotopic (exact) mass is 184 g/mol. The molecule has 0 saturated carbocycles. The number of allylic oxidation sites excluding steroid dienone is 2. The van der Waals surface area contributed by atoms with E-state index in [4.69, 9.17) is 0 Å². The second-order valence-corrected chi connectivity index (χ2v) is 4.17. The van der Waals surface area contributed by atoms with Crippen LogP contribution in [0.1, 0.15) is 30.5 Å². The van der Waals surface area contributed by atoms with Crippen LogP contribution in [-0.2, 0) is 6.42 Å². The van der Waals surface area contributed by atoms with Gasteiger partial charge in [0.25, 0.3) is 0 Å². The molecule has 0 aromatic heterocycles. The highest BCUT2D eigenvalue weighted by molar-refractivity contribution is 5.63. The predicted molar refractivity (Wildman–Crippen MR) is 63.1 cm³/mol. The lowest BCUT2D eigenvalue weighted by atomic mass is 10.0. The Morgan fingerprint density at radius 2 is 2.14 bits per heavy atom. The van der Waals surface area contributed by atoms with Crippen molar-refractivity contribution in [2.75, 3.05) is 0 Å². The minimum Gasteiger partial charge on any atom is -0.0814 e. The molecular formula is C14H16. The van der Waals surface area contributed by atoms with Gasteiger partial charge < -0.3 is 0 Å². The minimum atomic E-state index is 0.626. The third kappa shape index (κ3) is 1.95. The van der Waals surface area contributed by atoms with E-state index in [1.165, 1.54) is 16.7 Å². The second-order valence-electron chi connectivity index (χ2n) is 4.17. The van der Waals surface area contributed by atoms with E-state index in [2.05, 4.69) is 56.4 Å². The van der Waals surface area contributed by atoms with Crippen LogP contribution in [0.25, 0.3) is 12.2 Å². The van der Waals surface area contributed by atoms with Crippen LogP contribution in [-0.4, -0.2) is 0 Å². The van der Waals surface area contributed by atoms with Crippen LogP contribution < -0.4 is 0 Å². The van der Waals surface area contributed by atoms with Gasteiger partial charge in [0.15, 0.2) is 0 Å². The summed E-state index contributed by atoms with van der Waals surface area (Å²) in [5, 5.41) is 0. The molecule has 2 rings (SSSR count). The van der Waals surface area contributed by atoms with Gasteiger partial charge >= 0.3 is 0 Å². The van der Waals surface area contributed by atoms with Crippen LogP contribution in [0, 0.1) is 5.92 Å². The molecule has 0 N–H and O–H groups in total. The maximum absolute atomic E-state index is 2.29. The van der Waals surface area contributed by atoms with Gasteiger partial charge in [-0.05, 0) is 29.0 Å². The molecule has 1 aliphatic carbocycles. The van der Waals surface area contributed by atoms with Crippen LogP contribution >= 0.6 is 0 Å². The largest absolute Gasteiger partial charge is 0.0814 e. The molecule has 0 atom stereocenters. The average molecular weight is 184 g/mol. The first-order valence-corrected chi connectivity index (χ1v) is 5.23. The highest BCUT2D eigenvalue weighted by atomic mass is 14.1. The van der Waals surface area contributed by atoms with E-state index in [1.54, 1.807) is 0 Å². The summed E-state index contributed by atoms with van der Waals surface area (Å²) in [4.78, 5) is 0. The molecule has 0 heterocycles. The van der Waals surface area contributed by atoms with Gasteiger partial charge in [0.05, 0.1) is 0 Å². The second kappa shape index (κ2) is 3.83. The summed E-state index contributed by atoms with van der Waals surface area (Å²) in [6.07, 6.45) is 9.97. The van der Waals surface area contributed by atoms with Crippen molar-refractivity contribution in [1.29, 1.82) is 0 Å². The molecule has 0 saturated heterocycles. The summed E-state index contributed by atoms with van der Waals surface area (Å²) in [5.74, 6) is 0.626. The lowest BCUT2D eigenvalue weighted by molar-refractivity contribution is 0.836. The quantitative estimate of drug-likeness (QED) is 0.653. The van der Waals surface area contributed by atoms with Crippen LogP contribution in [0.15, 0.2) is 30.4 Å². The Kier molecular flexibility index (Phi) is 2.53. The van der Waals surface area contributed by atoms with Crippen molar-refractivity contribution >= 4 is 12.2 Å². The van der Waals surface area contributed by atoms with Crippen molar-refractivity contribution in [3.8, 4) is 0 Å². The molecule has 0 heteroatoms. The fourth-order valence-corrected chi connectivity index (χ4v) is 1.69. The Morgan fingerprint density at radius 1 is 1.29 bits per heavy atom. The highest BCUT2D eigenvalue weighted by Gasteiger charge is 2.03.